The number of carbonyl (C=O) groups is 1. The first kappa shape index (κ1) is 11.7. The summed E-state index contributed by atoms with van der Waals surface area (Å²) in [7, 11) is 0. The van der Waals surface area contributed by atoms with Crippen molar-refractivity contribution in [1.29, 1.82) is 0 Å². The molecule has 0 aliphatic rings. The maximum Gasteiger partial charge on any atom is 0.276 e. The number of carbonyl (C=O) groups excluding carboxylic acids is 1. The van der Waals surface area contributed by atoms with Crippen LogP contribution in [0.1, 0.15) is 10.4 Å². The first-order chi connectivity index (χ1) is 6.59. The summed E-state index contributed by atoms with van der Waals surface area (Å²) in [5.74, 6) is -0.358. The van der Waals surface area contributed by atoms with Gasteiger partial charge in [0.25, 0.3) is 5.91 Å². The molecule has 0 radical (unpaired) electrons. The van der Waals surface area contributed by atoms with E-state index in [-0.39, 0.29) is 5.91 Å². The van der Waals surface area contributed by atoms with E-state index < -0.39 is 4.84 Å². The van der Waals surface area contributed by atoms with Gasteiger partial charge in [-0.2, -0.15) is 0 Å². The third-order valence-corrected chi connectivity index (χ3v) is 2.15. The number of hydrogen-bond acceptors (Lipinski definition) is 1. The Bertz CT molecular complexity index is 348. The van der Waals surface area contributed by atoms with Gasteiger partial charge in [0.05, 0.1) is 0 Å². The predicted octanol–water partition coefficient (Wildman–Crippen LogP) is 3.46. The van der Waals surface area contributed by atoms with Crippen LogP contribution in [0.3, 0.4) is 0 Å². The van der Waals surface area contributed by atoms with Gasteiger partial charge < -0.3 is 0 Å². The molecule has 0 spiro atoms. The standard InChI is InChI=1S/C9H6BrCl2NO/c10-7-3-1-6(2-4-7)9(14)13-5-8(11)12/h1-5,8H. The van der Waals surface area contributed by atoms with Gasteiger partial charge in [-0.05, 0) is 24.3 Å². The molecule has 0 bridgehead atoms. The minimum absolute atomic E-state index is 0.358. The minimum Gasteiger partial charge on any atom is -0.267 e. The van der Waals surface area contributed by atoms with Crippen LogP contribution < -0.4 is 0 Å². The molecule has 1 rings (SSSR count). The van der Waals surface area contributed by atoms with Gasteiger partial charge in [-0.3, -0.25) is 4.79 Å². The van der Waals surface area contributed by atoms with E-state index in [1.165, 1.54) is 6.21 Å². The molecular formula is C9H6BrCl2NO. The van der Waals surface area contributed by atoms with E-state index in [9.17, 15) is 4.79 Å². The molecule has 0 heterocycles. The summed E-state index contributed by atoms with van der Waals surface area (Å²) in [5, 5.41) is 0. The van der Waals surface area contributed by atoms with E-state index in [4.69, 9.17) is 23.2 Å². The molecule has 0 saturated carbocycles. The molecule has 0 aliphatic heterocycles. The monoisotopic (exact) mass is 293 g/mol. The lowest BCUT2D eigenvalue weighted by Crippen LogP contribution is -1.97. The Hall–Kier alpha value is -0.380. The first-order valence-electron chi connectivity index (χ1n) is 3.72. The Kier molecular flexibility index (Phi) is 4.58. The number of hydrogen-bond donors (Lipinski definition) is 0. The van der Waals surface area contributed by atoms with Gasteiger partial charge >= 0.3 is 0 Å². The second-order valence-electron chi connectivity index (χ2n) is 2.42. The third kappa shape index (κ3) is 3.78. The van der Waals surface area contributed by atoms with Crippen LogP contribution in [0.4, 0.5) is 0 Å². The maximum atomic E-state index is 11.3. The van der Waals surface area contributed by atoms with Crippen molar-refractivity contribution in [3.63, 3.8) is 0 Å². The molecule has 0 aromatic heterocycles. The van der Waals surface area contributed by atoms with Crippen LogP contribution >= 0.6 is 39.1 Å². The van der Waals surface area contributed by atoms with Crippen molar-refractivity contribution in [2.45, 2.75) is 4.84 Å². The molecular weight excluding hydrogens is 289 g/mol. The fourth-order valence-corrected chi connectivity index (χ4v) is 1.17. The molecule has 0 saturated heterocycles. The molecule has 14 heavy (non-hydrogen) atoms. The molecule has 74 valence electrons. The summed E-state index contributed by atoms with van der Waals surface area (Å²) in [6, 6.07) is 6.87. The molecule has 0 N–H and O–H groups in total. The highest BCUT2D eigenvalue weighted by Crippen LogP contribution is 2.11. The topological polar surface area (TPSA) is 29.4 Å². The number of aliphatic imine (C=N–C) groups is 1. The zero-order valence-electron chi connectivity index (χ0n) is 6.95. The van der Waals surface area contributed by atoms with E-state index in [0.717, 1.165) is 4.47 Å². The fourth-order valence-electron chi connectivity index (χ4n) is 0.791. The zero-order valence-corrected chi connectivity index (χ0v) is 10.1. The molecule has 0 unspecified atom stereocenters. The second-order valence-corrected chi connectivity index (χ2v) is 4.50. The molecule has 2 nitrogen and oxygen atoms in total. The van der Waals surface area contributed by atoms with Gasteiger partial charge in [0, 0.05) is 16.3 Å². The highest BCUT2D eigenvalue weighted by atomic mass is 79.9. The van der Waals surface area contributed by atoms with Gasteiger partial charge in [-0.25, -0.2) is 4.99 Å². The molecule has 5 heteroatoms. The van der Waals surface area contributed by atoms with Crippen LogP contribution in [0.5, 0.6) is 0 Å². The highest BCUT2D eigenvalue weighted by molar-refractivity contribution is 9.10. The van der Waals surface area contributed by atoms with Crippen LogP contribution in [0.25, 0.3) is 0 Å². The third-order valence-electron chi connectivity index (χ3n) is 1.40. The van der Waals surface area contributed by atoms with Crippen LogP contribution in [0, 0.1) is 0 Å². The maximum absolute atomic E-state index is 11.3. The Balaban J connectivity index is 2.75. The Labute approximate surface area is 100 Å². The number of rotatable bonds is 2. The van der Waals surface area contributed by atoms with Crippen molar-refractivity contribution in [2.24, 2.45) is 4.99 Å². The molecule has 0 fully saturated rings. The quantitative estimate of drug-likeness (QED) is 0.607. The zero-order chi connectivity index (χ0) is 10.6. The molecule has 1 aromatic rings. The Morgan fingerprint density at radius 2 is 1.93 bits per heavy atom. The lowest BCUT2D eigenvalue weighted by atomic mass is 10.2. The van der Waals surface area contributed by atoms with Crippen LogP contribution in [0.15, 0.2) is 33.7 Å². The summed E-state index contributed by atoms with van der Waals surface area (Å²) in [5.41, 5.74) is 0.499. The summed E-state index contributed by atoms with van der Waals surface area (Å²) < 4.78 is 0.908. The van der Waals surface area contributed by atoms with Gasteiger partial charge in [0.15, 0.2) is 0 Å². The van der Waals surface area contributed by atoms with E-state index in [1.54, 1.807) is 24.3 Å². The fraction of sp³-hybridized carbons (Fsp3) is 0.111. The summed E-state index contributed by atoms with van der Waals surface area (Å²) in [6.45, 7) is 0. The van der Waals surface area contributed by atoms with E-state index in [0.29, 0.717) is 5.56 Å². The number of alkyl halides is 2. The minimum atomic E-state index is -0.755. The molecule has 0 atom stereocenters. The van der Waals surface area contributed by atoms with Crippen LogP contribution in [-0.2, 0) is 0 Å². The summed E-state index contributed by atoms with van der Waals surface area (Å²) in [4.78, 5) is 14.2. The van der Waals surface area contributed by atoms with Crippen molar-refractivity contribution in [3.8, 4) is 0 Å². The van der Waals surface area contributed by atoms with E-state index in [2.05, 4.69) is 20.9 Å². The average Bonchev–Trinajstić information content (AvgIpc) is 2.15. The molecule has 0 aliphatic carbocycles. The first-order valence-corrected chi connectivity index (χ1v) is 5.38. The lowest BCUT2D eigenvalue weighted by Gasteiger charge is -1.95. The van der Waals surface area contributed by atoms with Crippen molar-refractivity contribution < 1.29 is 4.79 Å². The van der Waals surface area contributed by atoms with Crippen LogP contribution in [0.2, 0.25) is 0 Å². The van der Waals surface area contributed by atoms with Gasteiger partial charge in [0.2, 0.25) is 0 Å². The van der Waals surface area contributed by atoms with E-state index >= 15 is 0 Å². The van der Waals surface area contributed by atoms with Gasteiger partial charge in [-0.1, -0.05) is 39.1 Å². The Morgan fingerprint density at radius 3 is 2.43 bits per heavy atom. The summed E-state index contributed by atoms with van der Waals surface area (Å²) >= 11 is 14.0. The number of nitrogens with zero attached hydrogens (tertiary/aromatic N) is 1. The van der Waals surface area contributed by atoms with Crippen molar-refractivity contribution in [2.75, 3.05) is 0 Å². The SMILES string of the molecule is O=C(N=CC(Cl)Cl)c1ccc(Br)cc1. The highest BCUT2D eigenvalue weighted by Gasteiger charge is 2.02. The second kappa shape index (κ2) is 5.49. The smallest absolute Gasteiger partial charge is 0.267 e. The van der Waals surface area contributed by atoms with Crippen molar-refractivity contribution in [1.82, 2.24) is 0 Å². The van der Waals surface area contributed by atoms with Gasteiger partial charge in [0.1, 0.15) is 4.84 Å². The average molecular weight is 295 g/mol. The van der Waals surface area contributed by atoms with Crippen LogP contribution in [-0.4, -0.2) is 17.0 Å². The normalized spacial score (nSPS) is 11.1. The van der Waals surface area contributed by atoms with Gasteiger partial charge in [-0.15, -0.1) is 0 Å². The van der Waals surface area contributed by atoms with Crippen molar-refractivity contribution in [3.05, 3.63) is 34.3 Å². The number of amides is 1. The predicted molar refractivity (Wildman–Crippen MR) is 62.5 cm³/mol. The largest absolute Gasteiger partial charge is 0.276 e. The number of halogens is 3. The van der Waals surface area contributed by atoms with Crippen molar-refractivity contribution >= 4 is 51.3 Å². The van der Waals surface area contributed by atoms with E-state index in [1.807, 2.05) is 0 Å². The molecule has 1 amide bonds. The Morgan fingerprint density at radius 1 is 1.36 bits per heavy atom. The number of benzene rings is 1. The molecule has 1 aromatic carbocycles. The lowest BCUT2D eigenvalue weighted by molar-refractivity contribution is 0.100. The summed E-state index contributed by atoms with van der Waals surface area (Å²) in [6.07, 6.45) is 1.19.